The fourth-order valence-electron chi connectivity index (χ4n) is 2.64. The Labute approximate surface area is 112 Å². The molecule has 2 unspecified atom stereocenters. The second-order valence-electron chi connectivity index (χ2n) is 5.24. The predicted octanol–water partition coefficient (Wildman–Crippen LogP) is 3.16. The maximum atomic E-state index is 11.0. The maximum Gasteiger partial charge on any atom is 0.355 e. The highest BCUT2D eigenvalue weighted by Crippen LogP contribution is 2.32. The Kier molecular flexibility index (Phi) is 3.90. The zero-order valence-electron chi connectivity index (χ0n) is 11.1. The fourth-order valence-corrected chi connectivity index (χ4v) is 3.58. The van der Waals surface area contributed by atoms with Crippen molar-refractivity contribution < 1.29 is 9.90 Å². The summed E-state index contributed by atoms with van der Waals surface area (Å²) in [5.41, 5.74) is 0.200. The van der Waals surface area contributed by atoms with Crippen LogP contribution in [-0.2, 0) is 0 Å². The number of anilines is 1. The Balaban J connectivity index is 2.15. The minimum absolute atomic E-state index is 0.200. The molecule has 0 radical (unpaired) electrons. The minimum atomic E-state index is -0.930. The lowest BCUT2D eigenvalue weighted by molar-refractivity contribution is 0.0690. The molecule has 0 bridgehead atoms. The zero-order valence-corrected chi connectivity index (χ0v) is 12.0. The standard InChI is InChI=1S/C13H20N2O2S/c1-8-5-4-6-10(7-8)15(3)13-14-11(12(16)17)9(2)18-13/h8,10H,4-7H2,1-3H3,(H,16,17). The number of aryl methyl sites for hydroxylation is 1. The minimum Gasteiger partial charge on any atom is -0.476 e. The normalized spacial score (nSPS) is 23.9. The van der Waals surface area contributed by atoms with E-state index in [2.05, 4.69) is 16.8 Å². The number of aromatic nitrogens is 1. The van der Waals surface area contributed by atoms with Crippen molar-refractivity contribution in [1.82, 2.24) is 4.98 Å². The predicted molar refractivity (Wildman–Crippen MR) is 73.6 cm³/mol. The molecule has 1 aliphatic carbocycles. The van der Waals surface area contributed by atoms with E-state index in [1.165, 1.54) is 37.0 Å². The Morgan fingerprint density at radius 3 is 2.78 bits per heavy atom. The average molecular weight is 268 g/mol. The maximum absolute atomic E-state index is 11.0. The fraction of sp³-hybridized carbons (Fsp3) is 0.692. The molecule has 1 aliphatic rings. The van der Waals surface area contributed by atoms with E-state index in [1.807, 2.05) is 14.0 Å². The van der Waals surface area contributed by atoms with E-state index in [0.717, 1.165) is 15.9 Å². The molecule has 1 aromatic heterocycles. The molecule has 1 heterocycles. The third-order valence-corrected chi connectivity index (χ3v) is 4.81. The molecule has 5 heteroatoms. The molecule has 1 saturated carbocycles. The van der Waals surface area contributed by atoms with E-state index in [0.29, 0.717) is 6.04 Å². The summed E-state index contributed by atoms with van der Waals surface area (Å²) in [5.74, 6) is -0.174. The number of nitrogens with zero attached hydrogens (tertiary/aromatic N) is 2. The second-order valence-corrected chi connectivity index (χ2v) is 6.42. The van der Waals surface area contributed by atoms with Crippen molar-refractivity contribution in [1.29, 1.82) is 0 Å². The van der Waals surface area contributed by atoms with Gasteiger partial charge in [0.2, 0.25) is 0 Å². The van der Waals surface area contributed by atoms with Crippen LogP contribution in [0, 0.1) is 12.8 Å². The van der Waals surface area contributed by atoms with Crippen molar-refractivity contribution in [3.63, 3.8) is 0 Å². The van der Waals surface area contributed by atoms with Crippen LogP contribution in [0.3, 0.4) is 0 Å². The van der Waals surface area contributed by atoms with E-state index >= 15 is 0 Å². The first kappa shape index (κ1) is 13.3. The SMILES string of the molecule is Cc1sc(N(C)C2CCCC(C)C2)nc1C(=O)O. The first-order valence-electron chi connectivity index (χ1n) is 6.42. The second kappa shape index (κ2) is 5.26. The van der Waals surface area contributed by atoms with Crippen LogP contribution in [0.15, 0.2) is 0 Å². The van der Waals surface area contributed by atoms with Crippen molar-refractivity contribution in [2.24, 2.45) is 5.92 Å². The number of aromatic carboxylic acids is 1. The van der Waals surface area contributed by atoms with E-state index < -0.39 is 5.97 Å². The lowest BCUT2D eigenvalue weighted by Gasteiger charge is -2.33. The van der Waals surface area contributed by atoms with Gasteiger partial charge in [-0.15, -0.1) is 11.3 Å². The Bertz CT molecular complexity index is 444. The molecule has 0 aromatic carbocycles. The number of carbonyl (C=O) groups is 1. The summed E-state index contributed by atoms with van der Waals surface area (Å²) in [6.45, 7) is 4.11. The van der Waals surface area contributed by atoms with Crippen LogP contribution in [0.1, 0.15) is 48.0 Å². The van der Waals surface area contributed by atoms with Gasteiger partial charge in [0.15, 0.2) is 10.8 Å². The molecule has 0 aliphatic heterocycles. The van der Waals surface area contributed by atoms with Gasteiger partial charge in [-0.25, -0.2) is 9.78 Å². The first-order valence-corrected chi connectivity index (χ1v) is 7.24. The Hall–Kier alpha value is -1.10. The van der Waals surface area contributed by atoms with Gasteiger partial charge < -0.3 is 10.0 Å². The molecule has 4 nitrogen and oxygen atoms in total. The molecular formula is C13H20N2O2S. The van der Waals surface area contributed by atoms with Crippen LogP contribution in [0.2, 0.25) is 0 Å². The molecular weight excluding hydrogens is 248 g/mol. The van der Waals surface area contributed by atoms with Gasteiger partial charge in [0, 0.05) is 18.0 Å². The number of hydrogen-bond acceptors (Lipinski definition) is 4. The summed E-state index contributed by atoms with van der Waals surface area (Å²) in [6, 6.07) is 0.501. The number of rotatable bonds is 3. The van der Waals surface area contributed by atoms with E-state index in [-0.39, 0.29) is 5.69 Å². The van der Waals surface area contributed by atoms with E-state index in [9.17, 15) is 4.79 Å². The van der Waals surface area contributed by atoms with Crippen LogP contribution in [0.25, 0.3) is 0 Å². The number of carboxylic acid groups (broad SMARTS) is 1. The molecule has 0 spiro atoms. The molecule has 100 valence electrons. The van der Waals surface area contributed by atoms with Crippen molar-refractivity contribution in [2.45, 2.75) is 45.6 Å². The van der Waals surface area contributed by atoms with Gasteiger partial charge >= 0.3 is 5.97 Å². The highest BCUT2D eigenvalue weighted by molar-refractivity contribution is 7.15. The van der Waals surface area contributed by atoms with Crippen LogP contribution >= 0.6 is 11.3 Å². The van der Waals surface area contributed by atoms with Crippen molar-refractivity contribution >= 4 is 22.4 Å². The lowest BCUT2D eigenvalue weighted by Crippen LogP contribution is -2.35. The summed E-state index contributed by atoms with van der Waals surface area (Å²) in [5, 5.41) is 9.88. The van der Waals surface area contributed by atoms with Gasteiger partial charge in [0.05, 0.1) is 0 Å². The molecule has 1 aromatic rings. The topological polar surface area (TPSA) is 53.4 Å². The monoisotopic (exact) mass is 268 g/mol. The van der Waals surface area contributed by atoms with Gasteiger partial charge in [-0.3, -0.25) is 0 Å². The number of carboxylic acids is 1. The zero-order chi connectivity index (χ0) is 13.3. The van der Waals surface area contributed by atoms with Crippen LogP contribution in [-0.4, -0.2) is 29.1 Å². The van der Waals surface area contributed by atoms with Gasteiger partial charge in [-0.05, 0) is 25.7 Å². The highest BCUT2D eigenvalue weighted by atomic mass is 32.1. The van der Waals surface area contributed by atoms with Gasteiger partial charge in [-0.1, -0.05) is 19.8 Å². The number of thiazole rings is 1. The highest BCUT2D eigenvalue weighted by Gasteiger charge is 2.25. The third-order valence-electron chi connectivity index (χ3n) is 3.75. The Morgan fingerprint density at radius 2 is 2.22 bits per heavy atom. The van der Waals surface area contributed by atoms with Gasteiger partial charge in [-0.2, -0.15) is 0 Å². The molecule has 2 atom stereocenters. The lowest BCUT2D eigenvalue weighted by atomic mass is 9.86. The summed E-state index contributed by atoms with van der Waals surface area (Å²) in [7, 11) is 2.03. The van der Waals surface area contributed by atoms with Gasteiger partial charge in [0.25, 0.3) is 0 Å². The third kappa shape index (κ3) is 2.66. The summed E-state index contributed by atoms with van der Waals surface area (Å²) >= 11 is 1.48. The quantitative estimate of drug-likeness (QED) is 0.915. The molecule has 1 N–H and O–H groups in total. The number of hydrogen-bond donors (Lipinski definition) is 1. The molecule has 0 amide bonds. The molecule has 18 heavy (non-hydrogen) atoms. The Morgan fingerprint density at radius 1 is 1.50 bits per heavy atom. The van der Waals surface area contributed by atoms with Crippen molar-refractivity contribution in [3.05, 3.63) is 10.6 Å². The molecule has 0 saturated heterocycles. The van der Waals surface area contributed by atoms with E-state index in [1.54, 1.807) is 0 Å². The first-order chi connectivity index (χ1) is 8.49. The summed E-state index contributed by atoms with van der Waals surface area (Å²) < 4.78 is 0. The summed E-state index contributed by atoms with van der Waals surface area (Å²) in [6.07, 6.45) is 4.92. The van der Waals surface area contributed by atoms with Gasteiger partial charge in [0.1, 0.15) is 0 Å². The average Bonchev–Trinajstić information content (AvgIpc) is 2.70. The smallest absolute Gasteiger partial charge is 0.355 e. The molecule has 2 rings (SSSR count). The van der Waals surface area contributed by atoms with Crippen LogP contribution in [0.4, 0.5) is 5.13 Å². The van der Waals surface area contributed by atoms with Crippen molar-refractivity contribution in [2.75, 3.05) is 11.9 Å². The van der Waals surface area contributed by atoms with Crippen molar-refractivity contribution in [3.8, 4) is 0 Å². The van der Waals surface area contributed by atoms with Crippen LogP contribution in [0.5, 0.6) is 0 Å². The van der Waals surface area contributed by atoms with E-state index in [4.69, 9.17) is 5.11 Å². The van der Waals surface area contributed by atoms with Crippen LogP contribution < -0.4 is 4.90 Å². The summed E-state index contributed by atoms with van der Waals surface area (Å²) in [4.78, 5) is 18.2. The molecule has 1 fully saturated rings. The largest absolute Gasteiger partial charge is 0.476 e.